The van der Waals surface area contributed by atoms with Gasteiger partial charge >= 0.3 is 18.0 Å². The van der Waals surface area contributed by atoms with Crippen molar-refractivity contribution in [3.8, 4) is 0 Å². The van der Waals surface area contributed by atoms with E-state index in [4.69, 9.17) is 0 Å². The highest BCUT2D eigenvalue weighted by atomic mass is 32.1. The molecule has 2 aromatic rings. The quantitative estimate of drug-likeness (QED) is 0.832. The molecule has 0 spiro atoms. The zero-order chi connectivity index (χ0) is 16.3. The van der Waals surface area contributed by atoms with E-state index in [0.29, 0.717) is 5.69 Å². The minimum atomic E-state index is -4.53. The first-order chi connectivity index (χ1) is 10.3. The van der Waals surface area contributed by atoms with Gasteiger partial charge in [0.05, 0.1) is 11.3 Å². The topological polar surface area (TPSA) is 71.1 Å². The van der Waals surface area contributed by atoms with Gasteiger partial charge in [0.15, 0.2) is 5.13 Å². The predicted octanol–water partition coefficient (Wildman–Crippen LogP) is 3.05. The summed E-state index contributed by atoms with van der Waals surface area (Å²) >= 11 is 1.14. The molecule has 0 aliphatic rings. The van der Waals surface area contributed by atoms with Crippen LogP contribution in [0.2, 0.25) is 0 Å². The fourth-order valence-electron chi connectivity index (χ4n) is 1.53. The number of amides is 2. The van der Waals surface area contributed by atoms with Gasteiger partial charge in [-0.2, -0.15) is 13.2 Å². The van der Waals surface area contributed by atoms with Crippen molar-refractivity contribution in [3.05, 3.63) is 40.9 Å². The molecule has 2 amide bonds. The Balaban J connectivity index is 2.04. The Hall–Kier alpha value is -2.42. The smallest absolute Gasteiger partial charge is 0.318 e. The van der Waals surface area contributed by atoms with Crippen LogP contribution in [0.4, 0.5) is 24.0 Å². The van der Waals surface area contributed by atoms with Crippen molar-refractivity contribution >= 4 is 34.0 Å². The molecule has 0 bridgehead atoms. The Bertz CT molecular complexity index is 713. The second-order valence-electron chi connectivity index (χ2n) is 4.28. The van der Waals surface area contributed by atoms with Crippen LogP contribution in [0.15, 0.2) is 29.6 Å². The summed E-state index contributed by atoms with van der Waals surface area (Å²) in [5, 5.41) is 6.29. The van der Waals surface area contributed by atoms with E-state index in [1.165, 1.54) is 6.07 Å². The number of benzene rings is 1. The number of rotatable bonds is 2. The van der Waals surface area contributed by atoms with Crippen molar-refractivity contribution < 1.29 is 22.8 Å². The molecule has 1 heterocycles. The fourth-order valence-corrected chi connectivity index (χ4v) is 2.21. The maximum absolute atomic E-state index is 12.6. The molecule has 0 atom stereocenters. The van der Waals surface area contributed by atoms with Gasteiger partial charge < -0.3 is 5.32 Å². The van der Waals surface area contributed by atoms with Gasteiger partial charge in [-0.15, -0.1) is 11.3 Å². The van der Waals surface area contributed by atoms with Gasteiger partial charge in [-0.25, -0.2) is 4.98 Å². The van der Waals surface area contributed by atoms with Gasteiger partial charge in [-0.3, -0.25) is 14.9 Å². The highest BCUT2D eigenvalue weighted by molar-refractivity contribution is 7.14. The lowest BCUT2D eigenvalue weighted by Gasteiger charge is -2.09. The molecule has 0 unspecified atom stereocenters. The van der Waals surface area contributed by atoms with Gasteiger partial charge in [0.25, 0.3) is 0 Å². The second kappa shape index (κ2) is 6.14. The first kappa shape index (κ1) is 16.0. The summed E-state index contributed by atoms with van der Waals surface area (Å²) in [5.41, 5.74) is -0.356. The lowest BCUT2D eigenvalue weighted by Crippen LogP contribution is -2.29. The summed E-state index contributed by atoms with van der Waals surface area (Å²) in [5.74, 6) is -2.08. The first-order valence-corrected chi connectivity index (χ1v) is 6.85. The maximum Gasteiger partial charge on any atom is 0.416 e. The summed E-state index contributed by atoms with van der Waals surface area (Å²) in [7, 11) is 0. The van der Waals surface area contributed by atoms with E-state index in [1.54, 1.807) is 12.3 Å². The van der Waals surface area contributed by atoms with Crippen LogP contribution >= 0.6 is 11.3 Å². The molecule has 0 aliphatic carbocycles. The monoisotopic (exact) mass is 329 g/mol. The molecule has 2 N–H and O–H groups in total. The van der Waals surface area contributed by atoms with E-state index in [-0.39, 0.29) is 10.8 Å². The van der Waals surface area contributed by atoms with E-state index in [1.807, 2.05) is 0 Å². The minimum absolute atomic E-state index is 0.120. The average molecular weight is 329 g/mol. The van der Waals surface area contributed by atoms with E-state index in [9.17, 15) is 22.8 Å². The van der Waals surface area contributed by atoms with E-state index in [0.717, 1.165) is 29.5 Å². The molecular formula is C13H10F3N3O2S. The number of hydrogen-bond donors (Lipinski definition) is 2. The third-order valence-corrected chi connectivity index (χ3v) is 3.37. The number of aryl methyl sites for hydroxylation is 1. The highest BCUT2D eigenvalue weighted by Gasteiger charge is 2.30. The Labute approximate surface area is 127 Å². The number of thiazole rings is 1. The van der Waals surface area contributed by atoms with Crippen LogP contribution < -0.4 is 10.6 Å². The summed E-state index contributed by atoms with van der Waals surface area (Å²) in [4.78, 5) is 27.2. The maximum atomic E-state index is 12.6. The molecule has 2 rings (SSSR count). The van der Waals surface area contributed by atoms with Crippen molar-refractivity contribution in [3.63, 3.8) is 0 Å². The Morgan fingerprint density at radius 3 is 2.45 bits per heavy atom. The third kappa shape index (κ3) is 4.04. The average Bonchev–Trinajstić information content (AvgIpc) is 2.83. The Kier molecular flexibility index (Phi) is 4.45. The number of carbonyl (C=O) groups excluding carboxylic acids is 2. The van der Waals surface area contributed by atoms with E-state index < -0.39 is 23.6 Å². The fraction of sp³-hybridized carbons (Fsp3) is 0.154. The number of aromatic nitrogens is 1. The first-order valence-electron chi connectivity index (χ1n) is 5.97. The van der Waals surface area contributed by atoms with Crippen LogP contribution in [0.25, 0.3) is 0 Å². The molecule has 116 valence electrons. The normalized spacial score (nSPS) is 11.1. The lowest BCUT2D eigenvalue weighted by molar-refractivity contribution is -0.137. The SMILES string of the molecule is Cc1csc(NC(=O)C(=O)Nc2cccc(C(F)(F)F)c2)n1. The number of nitrogens with one attached hydrogen (secondary N) is 2. The summed E-state index contributed by atoms with van der Waals surface area (Å²) in [6.07, 6.45) is -4.53. The third-order valence-electron chi connectivity index (χ3n) is 2.49. The summed E-state index contributed by atoms with van der Waals surface area (Å²) in [6.45, 7) is 1.72. The lowest BCUT2D eigenvalue weighted by atomic mass is 10.2. The van der Waals surface area contributed by atoms with Crippen LogP contribution in [-0.4, -0.2) is 16.8 Å². The van der Waals surface area contributed by atoms with Gasteiger partial charge in [0.1, 0.15) is 0 Å². The minimum Gasteiger partial charge on any atom is -0.318 e. The van der Waals surface area contributed by atoms with Crippen molar-refractivity contribution in [1.29, 1.82) is 0 Å². The van der Waals surface area contributed by atoms with Gasteiger partial charge in [-0.1, -0.05) is 6.07 Å². The molecule has 0 saturated carbocycles. The largest absolute Gasteiger partial charge is 0.416 e. The zero-order valence-electron chi connectivity index (χ0n) is 11.2. The van der Waals surface area contributed by atoms with Crippen molar-refractivity contribution in [1.82, 2.24) is 4.98 Å². The van der Waals surface area contributed by atoms with Crippen LogP contribution in [0.3, 0.4) is 0 Å². The molecule has 1 aromatic heterocycles. The molecular weight excluding hydrogens is 319 g/mol. The molecule has 1 aromatic carbocycles. The molecule has 0 aliphatic heterocycles. The van der Waals surface area contributed by atoms with Gasteiger partial charge in [-0.05, 0) is 25.1 Å². The number of anilines is 2. The number of hydrogen-bond acceptors (Lipinski definition) is 4. The van der Waals surface area contributed by atoms with E-state index >= 15 is 0 Å². The van der Waals surface area contributed by atoms with Gasteiger partial charge in [0, 0.05) is 11.1 Å². The van der Waals surface area contributed by atoms with Gasteiger partial charge in [0.2, 0.25) is 0 Å². The highest BCUT2D eigenvalue weighted by Crippen LogP contribution is 2.30. The van der Waals surface area contributed by atoms with Crippen LogP contribution in [0.1, 0.15) is 11.3 Å². The summed E-state index contributed by atoms with van der Waals surface area (Å²) in [6, 6.07) is 4.02. The van der Waals surface area contributed by atoms with Crippen molar-refractivity contribution in [2.24, 2.45) is 0 Å². The second-order valence-corrected chi connectivity index (χ2v) is 5.14. The van der Waals surface area contributed by atoms with Crippen molar-refractivity contribution in [2.75, 3.05) is 10.6 Å². The Morgan fingerprint density at radius 2 is 1.86 bits per heavy atom. The van der Waals surface area contributed by atoms with E-state index in [2.05, 4.69) is 15.6 Å². The molecule has 5 nitrogen and oxygen atoms in total. The molecule has 0 fully saturated rings. The Morgan fingerprint density at radius 1 is 1.18 bits per heavy atom. The van der Waals surface area contributed by atoms with Crippen LogP contribution in [0, 0.1) is 6.92 Å². The molecule has 0 radical (unpaired) electrons. The summed E-state index contributed by atoms with van der Waals surface area (Å²) < 4.78 is 37.7. The zero-order valence-corrected chi connectivity index (χ0v) is 12.0. The predicted molar refractivity (Wildman–Crippen MR) is 75.6 cm³/mol. The number of nitrogens with zero attached hydrogens (tertiary/aromatic N) is 1. The van der Waals surface area contributed by atoms with Crippen molar-refractivity contribution in [2.45, 2.75) is 13.1 Å². The number of halogens is 3. The standard InChI is InChI=1S/C13H10F3N3O2S/c1-7-6-22-12(17-7)19-11(21)10(20)18-9-4-2-3-8(5-9)13(14,15)16/h2-6H,1H3,(H,18,20)(H,17,19,21). The van der Waals surface area contributed by atoms with Crippen LogP contribution in [-0.2, 0) is 15.8 Å². The molecule has 9 heteroatoms. The molecule has 0 saturated heterocycles. The molecule has 22 heavy (non-hydrogen) atoms. The van der Waals surface area contributed by atoms with Crippen LogP contribution in [0.5, 0.6) is 0 Å². The number of carbonyl (C=O) groups is 2. The number of alkyl halides is 3.